The van der Waals surface area contributed by atoms with E-state index in [4.69, 9.17) is 0 Å². The molecule has 0 fully saturated rings. The number of carbonyl (C=O) groups excluding carboxylic acids is 1. The maximum atomic E-state index is 11.8. The van der Waals surface area contributed by atoms with Gasteiger partial charge in [0.05, 0.1) is 5.56 Å². The number of phenolic OH excluding ortho intramolecular Hbond substituents is 1. The van der Waals surface area contributed by atoms with Crippen molar-refractivity contribution in [1.82, 2.24) is 5.32 Å². The van der Waals surface area contributed by atoms with Crippen LogP contribution >= 0.6 is 0 Å². The minimum Gasteiger partial charge on any atom is -0.507 e. The number of rotatable bonds is 2. The Balaban J connectivity index is 3.45. The zero-order valence-electron chi connectivity index (χ0n) is 10.6. The molecular formula is C13H19NO2. The lowest BCUT2D eigenvalue weighted by Gasteiger charge is -2.16. The Labute approximate surface area is 96.5 Å². The number of hydrogen-bond acceptors (Lipinski definition) is 2. The van der Waals surface area contributed by atoms with Gasteiger partial charge < -0.3 is 10.4 Å². The highest BCUT2D eigenvalue weighted by Gasteiger charge is 2.19. The highest BCUT2D eigenvalue weighted by molar-refractivity contribution is 5.99. The van der Waals surface area contributed by atoms with Crippen LogP contribution in [0.4, 0.5) is 0 Å². The molecule has 0 aromatic heterocycles. The first-order valence-electron chi connectivity index (χ1n) is 5.49. The summed E-state index contributed by atoms with van der Waals surface area (Å²) in [6, 6.07) is 0. The third-order valence-corrected chi connectivity index (χ3v) is 3.22. The van der Waals surface area contributed by atoms with Crippen molar-refractivity contribution in [2.45, 2.75) is 34.6 Å². The highest BCUT2D eigenvalue weighted by atomic mass is 16.3. The van der Waals surface area contributed by atoms with Crippen molar-refractivity contribution >= 4 is 5.91 Å². The average Bonchev–Trinajstić information content (AvgIpc) is 2.24. The standard InChI is InChI=1S/C13H19NO2/c1-6-14-13(16)11-9(4)7(2)8(3)10(5)12(11)15/h15H,6H2,1-5H3,(H,14,16). The fourth-order valence-electron chi connectivity index (χ4n) is 1.82. The summed E-state index contributed by atoms with van der Waals surface area (Å²) in [4.78, 5) is 11.8. The van der Waals surface area contributed by atoms with Crippen molar-refractivity contribution in [1.29, 1.82) is 0 Å². The first kappa shape index (κ1) is 12.6. The molecule has 16 heavy (non-hydrogen) atoms. The molecule has 0 aliphatic rings. The van der Waals surface area contributed by atoms with E-state index in [-0.39, 0.29) is 11.7 Å². The van der Waals surface area contributed by atoms with Gasteiger partial charge in [0.2, 0.25) is 0 Å². The number of aromatic hydroxyl groups is 1. The van der Waals surface area contributed by atoms with Crippen LogP contribution in [0.3, 0.4) is 0 Å². The minimum absolute atomic E-state index is 0.103. The Kier molecular flexibility index (Phi) is 3.58. The predicted molar refractivity (Wildman–Crippen MR) is 65.1 cm³/mol. The number of hydrogen-bond donors (Lipinski definition) is 2. The van der Waals surface area contributed by atoms with E-state index in [2.05, 4.69) is 5.32 Å². The molecule has 0 saturated heterocycles. The number of nitrogens with one attached hydrogen (secondary N) is 1. The molecule has 1 aromatic rings. The van der Waals surface area contributed by atoms with Crippen LogP contribution in [0.25, 0.3) is 0 Å². The van der Waals surface area contributed by atoms with Crippen molar-refractivity contribution in [3.63, 3.8) is 0 Å². The van der Waals surface area contributed by atoms with E-state index in [9.17, 15) is 9.90 Å². The van der Waals surface area contributed by atoms with Crippen LogP contribution in [0, 0.1) is 27.7 Å². The first-order chi connectivity index (χ1) is 7.41. The lowest BCUT2D eigenvalue weighted by Crippen LogP contribution is -2.24. The predicted octanol–water partition coefficient (Wildman–Crippen LogP) is 2.38. The van der Waals surface area contributed by atoms with E-state index in [0.29, 0.717) is 12.1 Å². The van der Waals surface area contributed by atoms with Crippen LogP contribution < -0.4 is 5.32 Å². The molecule has 0 radical (unpaired) electrons. The lowest BCUT2D eigenvalue weighted by atomic mass is 9.93. The maximum Gasteiger partial charge on any atom is 0.255 e. The molecule has 1 rings (SSSR count). The van der Waals surface area contributed by atoms with Gasteiger partial charge in [-0.1, -0.05) is 0 Å². The summed E-state index contributed by atoms with van der Waals surface area (Å²) in [6.45, 7) is 10.0. The average molecular weight is 221 g/mol. The van der Waals surface area contributed by atoms with E-state index in [1.165, 1.54) is 0 Å². The van der Waals surface area contributed by atoms with E-state index < -0.39 is 0 Å². The molecule has 3 heteroatoms. The van der Waals surface area contributed by atoms with E-state index in [0.717, 1.165) is 22.3 Å². The van der Waals surface area contributed by atoms with Gasteiger partial charge in [0.1, 0.15) is 5.75 Å². The molecule has 0 spiro atoms. The number of benzene rings is 1. The fourth-order valence-corrected chi connectivity index (χ4v) is 1.82. The molecule has 88 valence electrons. The molecule has 0 aliphatic heterocycles. The van der Waals surface area contributed by atoms with Crippen LogP contribution in [0.2, 0.25) is 0 Å². The monoisotopic (exact) mass is 221 g/mol. The zero-order valence-corrected chi connectivity index (χ0v) is 10.6. The lowest BCUT2D eigenvalue weighted by molar-refractivity contribution is 0.0952. The Morgan fingerprint density at radius 3 is 2.06 bits per heavy atom. The van der Waals surface area contributed by atoms with Gasteiger partial charge in [-0.3, -0.25) is 4.79 Å². The molecule has 1 amide bonds. The summed E-state index contributed by atoms with van der Waals surface area (Å²) in [5.41, 5.74) is 4.15. The molecule has 0 heterocycles. The normalized spacial score (nSPS) is 10.3. The summed E-state index contributed by atoms with van der Waals surface area (Å²) < 4.78 is 0. The van der Waals surface area contributed by atoms with Crippen molar-refractivity contribution in [2.75, 3.05) is 6.54 Å². The Morgan fingerprint density at radius 2 is 1.56 bits per heavy atom. The Bertz CT molecular complexity index is 407. The van der Waals surface area contributed by atoms with E-state index in [1.54, 1.807) is 0 Å². The molecule has 0 bridgehead atoms. The molecular weight excluding hydrogens is 202 g/mol. The summed E-state index contributed by atoms with van der Waals surface area (Å²) in [5.74, 6) is -0.102. The van der Waals surface area contributed by atoms with Gasteiger partial charge in [0.25, 0.3) is 5.91 Å². The van der Waals surface area contributed by atoms with Crippen LogP contribution in [0.1, 0.15) is 39.5 Å². The highest BCUT2D eigenvalue weighted by Crippen LogP contribution is 2.31. The number of amides is 1. The topological polar surface area (TPSA) is 49.3 Å². The van der Waals surface area contributed by atoms with Crippen molar-refractivity contribution in [3.05, 3.63) is 27.8 Å². The van der Waals surface area contributed by atoms with Crippen LogP contribution in [-0.4, -0.2) is 17.6 Å². The maximum absolute atomic E-state index is 11.8. The fraction of sp³-hybridized carbons (Fsp3) is 0.462. The van der Waals surface area contributed by atoms with Gasteiger partial charge in [0, 0.05) is 6.54 Å². The Morgan fingerprint density at radius 1 is 1.06 bits per heavy atom. The summed E-state index contributed by atoms with van der Waals surface area (Å²) in [7, 11) is 0. The van der Waals surface area contributed by atoms with Gasteiger partial charge in [0.15, 0.2) is 0 Å². The molecule has 0 saturated carbocycles. The third kappa shape index (κ3) is 1.90. The van der Waals surface area contributed by atoms with Crippen LogP contribution in [-0.2, 0) is 0 Å². The third-order valence-electron chi connectivity index (χ3n) is 3.22. The van der Waals surface area contributed by atoms with Crippen LogP contribution in [0.15, 0.2) is 0 Å². The van der Waals surface area contributed by atoms with E-state index in [1.807, 2.05) is 34.6 Å². The number of carbonyl (C=O) groups is 1. The summed E-state index contributed by atoms with van der Waals surface area (Å²) in [6.07, 6.45) is 0. The first-order valence-corrected chi connectivity index (χ1v) is 5.49. The van der Waals surface area contributed by atoms with Gasteiger partial charge in [-0.15, -0.1) is 0 Å². The summed E-state index contributed by atoms with van der Waals surface area (Å²) >= 11 is 0. The van der Waals surface area contributed by atoms with Crippen molar-refractivity contribution < 1.29 is 9.90 Å². The quantitative estimate of drug-likeness (QED) is 0.805. The minimum atomic E-state index is -0.205. The van der Waals surface area contributed by atoms with Crippen LogP contribution in [0.5, 0.6) is 5.75 Å². The second-order valence-electron chi connectivity index (χ2n) is 4.08. The van der Waals surface area contributed by atoms with Crippen molar-refractivity contribution in [3.8, 4) is 5.75 Å². The van der Waals surface area contributed by atoms with Gasteiger partial charge in [-0.25, -0.2) is 0 Å². The SMILES string of the molecule is CCNC(=O)c1c(C)c(C)c(C)c(C)c1O. The largest absolute Gasteiger partial charge is 0.507 e. The molecule has 0 unspecified atom stereocenters. The Hall–Kier alpha value is -1.51. The van der Waals surface area contributed by atoms with Crippen molar-refractivity contribution in [2.24, 2.45) is 0 Å². The molecule has 2 N–H and O–H groups in total. The summed E-state index contributed by atoms with van der Waals surface area (Å²) in [5, 5.41) is 12.7. The second kappa shape index (κ2) is 4.56. The number of phenols is 1. The smallest absolute Gasteiger partial charge is 0.255 e. The molecule has 1 aromatic carbocycles. The molecule has 3 nitrogen and oxygen atoms in total. The van der Waals surface area contributed by atoms with Gasteiger partial charge in [-0.05, 0) is 56.9 Å². The van der Waals surface area contributed by atoms with Gasteiger partial charge in [-0.2, -0.15) is 0 Å². The van der Waals surface area contributed by atoms with Gasteiger partial charge >= 0.3 is 0 Å². The van der Waals surface area contributed by atoms with E-state index >= 15 is 0 Å². The molecule has 0 aliphatic carbocycles. The second-order valence-corrected chi connectivity index (χ2v) is 4.08. The zero-order chi connectivity index (χ0) is 12.5. The molecule has 0 atom stereocenters.